The van der Waals surface area contributed by atoms with E-state index in [2.05, 4.69) is 0 Å². The molecular formula is C14H12ClNOS. The smallest absolute Gasteiger partial charge is 0.174 e. The molecule has 2 aromatic carbocycles. The molecule has 0 aliphatic heterocycles. The zero-order valence-corrected chi connectivity index (χ0v) is 11.2. The Bertz CT molecular complexity index is 554. The molecule has 18 heavy (non-hydrogen) atoms. The van der Waals surface area contributed by atoms with Crippen LogP contribution >= 0.6 is 23.4 Å². The third-order valence-corrected chi connectivity index (χ3v) is 3.77. The van der Waals surface area contributed by atoms with E-state index in [0.717, 1.165) is 10.6 Å². The van der Waals surface area contributed by atoms with Crippen molar-refractivity contribution in [3.05, 3.63) is 59.1 Å². The summed E-state index contributed by atoms with van der Waals surface area (Å²) in [5.41, 5.74) is 6.89. The van der Waals surface area contributed by atoms with Crippen molar-refractivity contribution in [1.82, 2.24) is 0 Å². The molecule has 0 fully saturated rings. The van der Waals surface area contributed by atoms with Gasteiger partial charge in [0.1, 0.15) is 0 Å². The highest BCUT2D eigenvalue weighted by Crippen LogP contribution is 2.22. The van der Waals surface area contributed by atoms with Crippen LogP contribution in [0.3, 0.4) is 0 Å². The lowest BCUT2D eigenvalue weighted by atomic mass is 10.1. The summed E-state index contributed by atoms with van der Waals surface area (Å²) in [7, 11) is 0. The van der Waals surface area contributed by atoms with Crippen LogP contribution in [0.2, 0.25) is 5.02 Å². The van der Waals surface area contributed by atoms with Crippen LogP contribution in [-0.4, -0.2) is 11.5 Å². The lowest BCUT2D eigenvalue weighted by Gasteiger charge is -2.03. The molecule has 0 aliphatic carbocycles. The van der Waals surface area contributed by atoms with Gasteiger partial charge in [-0.1, -0.05) is 23.7 Å². The summed E-state index contributed by atoms with van der Waals surface area (Å²) >= 11 is 7.45. The number of ketones is 1. The van der Waals surface area contributed by atoms with Gasteiger partial charge in [0.25, 0.3) is 0 Å². The number of rotatable bonds is 4. The minimum absolute atomic E-state index is 0.0300. The van der Waals surface area contributed by atoms with Crippen LogP contribution in [0, 0.1) is 0 Å². The molecule has 0 unspecified atom stereocenters. The fourth-order valence-corrected chi connectivity index (χ4v) is 2.50. The Balaban J connectivity index is 2.01. The number of Topliss-reactive ketones (excluding diaryl/α,β-unsaturated/α-hetero) is 1. The third-order valence-electron chi connectivity index (χ3n) is 2.42. The molecule has 2 N–H and O–H groups in total. The van der Waals surface area contributed by atoms with Gasteiger partial charge in [0.2, 0.25) is 0 Å². The van der Waals surface area contributed by atoms with Gasteiger partial charge in [-0.05, 0) is 36.4 Å². The first-order valence-electron chi connectivity index (χ1n) is 5.43. The molecule has 0 spiro atoms. The molecule has 0 amide bonds. The second-order valence-electron chi connectivity index (χ2n) is 3.76. The number of carbonyl (C=O) groups excluding carboxylic acids is 1. The van der Waals surface area contributed by atoms with Gasteiger partial charge in [0.05, 0.1) is 10.8 Å². The van der Waals surface area contributed by atoms with Gasteiger partial charge in [-0.3, -0.25) is 4.79 Å². The highest BCUT2D eigenvalue weighted by molar-refractivity contribution is 8.00. The Morgan fingerprint density at radius 3 is 2.44 bits per heavy atom. The van der Waals surface area contributed by atoms with E-state index in [1.807, 2.05) is 36.4 Å². The largest absolute Gasteiger partial charge is 0.399 e. The Labute approximate surface area is 115 Å². The van der Waals surface area contributed by atoms with Crippen molar-refractivity contribution >= 4 is 34.8 Å². The first kappa shape index (κ1) is 13.0. The van der Waals surface area contributed by atoms with E-state index in [0.29, 0.717) is 16.3 Å². The Morgan fingerprint density at radius 2 is 1.78 bits per heavy atom. The zero-order valence-electron chi connectivity index (χ0n) is 9.60. The van der Waals surface area contributed by atoms with Crippen LogP contribution in [0.1, 0.15) is 10.4 Å². The molecular weight excluding hydrogens is 266 g/mol. The van der Waals surface area contributed by atoms with Crippen molar-refractivity contribution in [1.29, 1.82) is 0 Å². The number of nitrogens with two attached hydrogens (primary N) is 1. The number of benzene rings is 2. The van der Waals surface area contributed by atoms with Gasteiger partial charge in [0, 0.05) is 16.1 Å². The van der Waals surface area contributed by atoms with E-state index >= 15 is 0 Å². The minimum Gasteiger partial charge on any atom is -0.399 e. The SMILES string of the molecule is Nc1ccc(SCC(=O)c2ccccc2Cl)cc1. The molecule has 2 aromatic rings. The summed E-state index contributed by atoms with van der Waals surface area (Å²) in [6.07, 6.45) is 0. The van der Waals surface area contributed by atoms with Crippen LogP contribution in [0.15, 0.2) is 53.4 Å². The highest BCUT2D eigenvalue weighted by Gasteiger charge is 2.09. The Morgan fingerprint density at radius 1 is 1.11 bits per heavy atom. The molecule has 92 valence electrons. The maximum atomic E-state index is 12.0. The lowest BCUT2D eigenvalue weighted by molar-refractivity contribution is 0.102. The molecule has 0 saturated heterocycles. The van der Waals surface area contributed by atoms with E-state index in [1.54, 1.807) is 12.1 Å². The lowest BCUT2D eigenvalue weighted by Crippen LogP contribution is -2.02. The standard InChI is InChI=1S/C14H12ClNOS/c15-13-4-2-1-3-12(13)14(17)9-18-11-7-5-10(16)6-8-11/h1-8H,9,16H2. The van der Waals surface area contributed by atoms with Crippen LogP contribution in [-0.2, 0) is 0 Å². The maximum Gasteiger partial charge on any atom is 0.174 e. The summed E-state index contributed by atoms with van der Waals surface area (Å²) in [5, 5.41) is 0.500. The van der Waals surface area contributed by atoms with E-state index in [4.69, 9.17) is 17.3 Å². The summed E-state index contributed by atoms with van der Waals surface area (Å²) in [5.74, 6) is 0.399. The number of nitrogen functional groups attached to an aromatic ring is 1. The van der Waals surface area contributed by atoms with Gasteiger partial charge in [-0.25, -0.2) is 0 Å². The number of carbonyl (C=O) groups is 1. The van der Waals surface area contributed by atoms with Crippen LogP contribution in [0.25, 0.3) is 0 Å². The first-order valence-corrected chi connectivity index (χ1v) is 6.79. The summed E-state index contributed by atoms with van der Waals surface area (Å²) in [6.45, 7) is 0. The quantitative estimate of drug-likeness (QED) is 0.524. The van der Waals surface area contributed by atoms with Gasteiger partial charge in [-0.2, -0.15) is 0 Å². The average Bonchev–Trinajstić information content (AvgIpc) is 2.38. The summed E-state index contributed by atoms with van der Waals surface area (Å²) < 4.78 is 0. The molecule has 0 aromatic heterocycles. The second-order valence-corrected chi connectivity index (χ2v) is 5.22. The minimum atomic E-state index is 0.0300. The van der Waals surface area contributed by atoms with Gasteiger partial charge < -0.3 is 5.73 Å². The van der Waals surface area contributed by atoms with E-state index < -0.39 is 0 Å². The summed E-state index contributed by atoms with van der Waals surface area (Å²) in [6, 6.07) is 14.5. The van der Waals surface area contributed by atoms with Crippen molar-refractivity contribution in [2.24, 2.45) is 0 Å². The van der Waals surface area contributed by atoms with Gasteiger partial charge in [-0.15, -0.1) is 11.8 Å². The van der Waals surface area contributed by atoms with Gasteiger partial charge in [0.15, 0.2) is 5.78 Å². The fraction of sp³-hybridized carbons (Fsp3) is 0.0714. The normalized spacial score (nSPS) is 10.3. The maximum absolute atomic E-state index is 12.0. The first-order chi connectivity index (χ1) is 8.66. The second kappa shape index (κ2) is 5.94. The molecule has 0 radical (unpaired) electrons. The molecule has 4 heteroatoms. The molecule has 0 heterocycles. The number of hydrogen-bond donors (Lipinski definition) is 1. The highest BCUT2D eigenvalue weighted by atomic mass is 35.5. The predicted octanol–water partition coefficient (Wildman–Crippen LogP) is 3.90. The van der Waals surface area contributed by atoms with E-state index in [9.17, 15) is 4.79 Å². The topological polar surface area (TPSA) is 43.1 Å². The molecule has 0 bridgehead atoms. The van der Waals surface area contributed by atoms with Crippen molar-refractivity contribution in [3.8, 4) is 0 Å². The van der Waals surface area contributed by atoms with Crippen LogP contribution in [0.4, 0.5) is 5.69 Å². The Kier molecular flexibility index (Phi) is 4.28. The summed E-state index contributed by atoms with van der Waals surface area (Å²) in [4.78, 5) is 13.0. The molecule has 0 atom stereocenters. The van der Waals surface area contributed by atoms with Crippen molar-refractivity contribution < 1.29 is 4.79 Å². The third kappa shape index (κ3) is 3.28. The predicted molar refractivity (Wildman–Crippen MR) is 77.4 cm³/mol. The molecule has 0 aliphatic rings. The fourth-order valence-electron chi connectivity index (χ4n) is 1.48. The Hall–Kier alpha value is -1.45. The van der Waals surface area contributed by atoms with E-state index in [1.165, 1.54) is 11.8 Å². The average molecular weight is 278 g/mol. The van der Waals surface area contributed by atoms with Crippen molar-refractivity contribution in [3.63, 3.8) is 0 Å². The van der Waals surface area contributed by atoms with Crippen molar-refractivity contribution in [2.45, 2.75) is 4.90 Å². The monoisotopic (exact) mass is 277 g/mol. The molecule has 2 rings (SSSR count). The zero-order chi connectivity index (χ0) is 13.0. The van der Waals surface area contributed by atoms with Crippen molar-refractivity contribution in [2.75, 3.05) is 11.5 Å². The van der Waals surface area contributed by atoms with Gasteiger partial charge >= 0.3 is 0 Å². The number of hydrogen-bond acceptors (Lipinski definition) is 3. The van der Waals surface area contributed by atoms with Crippen LogP contribution in [0.5, 0.6) is 0 Å². The molecule has 0 saturated carbocycles. The van der Waals surface area contributed by atoms with Crippen LogP contribution < -0.4 is 5.73 Å². The number of anilines is 1. The number of halogens is 1. The molecule has 2 nitrogen and oxygen atoms in total. The number of thioether (sulfide) groups is 1. The van der Waals surface area contributed by atoms with E-state index in [-0.39, 0.29) is 5.78 Å².